The topological polar surface area (TPSA) is 103 Å². The van der Waals surface area contributed by atoms with Gasteiger partial charge in [-0.05, 0) is 37.3 Å². The van der Waals surface area contributed by atoms with Gasteiger partial charge in [-0.2, -0.15) is 10.2 Å². The highest BCUT2D eigenvalue weighted by molar-refractivity contribution is 6.09. The molecule has 2 fully saturated rings. The monoisotopic (exact) mass is 444 g/mol. The zero-order valence-electron chi connectivity index (χ0n) is 18.3. The summed E-state index contributed by atoms with van der Waals surface area (Å²) in [6.45, 7) is 2.10. The molecule has 1 amide bonds. The Morgan fingerprint density at radius 1 is 1.24 bits per heavy atom. The van der Waals surface area contributed by atoms with Crippen molar-refractivity contribution in [3.8, 4) is 5.75 Å². The highest BCUT2D eigenvalue weighted by atomic mass is 16.5. The Bertz CT molecular complexity index is 1390. The second-order valence-electron chi connectivity index (χ2n) is 9.06. The van der Waals surface area contributed by atoms with Crippen LogP contribution in [0.15, 0.2) is 43.0 Å². The predicted octanol–water partition coefficient (Wildman–Crippen LogP) is 3.80. The van der Waals surface area contributed by atoms with Crippen LogP contribution in [-0.4, -0.2) is 42.2 Å². The number of carbonyl (C=O) groups is 2. The van der Waals surface area contributed by atoms with Crippen LogP contribution in [0.5, 0.6) is 5.75 Å². The smallest absolute Gasteiger partial charge is 0.259 e. The number of ketones is 1. The van der Waals surface area contributed by atoms with Gasteiger partial charge in [0.1, 0.15) is 17.2 Å². The van der Waals surface area contributed by atoms with Gasteiger partial charge in [0.25, 0.3) is 5.91 Å². The van der Waals surface area contributed by atoms with Crippen LogP contribution in [0.3, 0.4) is 0 Å². The maximum absolute atomic E-state index is 13.3. The maximum Gasteiger partial charge on any atom is 0.259 e. The number of hydrogen-bond donors (Lipinski definition) is 1. The third-order valence-corrected chi connectivity index (χ3v) is 6.48. The quantitative estimate of drug-likeness (QED) is 0.502. The summed E-state index contributed by atoms with van der Waals surface area (Å²) >= 11 is 0. The van der Waals surface area contributed by atoms with Gasteiger partial charge in [0.15, 0.2) is 5.65 Å². The summed E-state index contributed by atoms with van der Waals surface area (Å²) in [5.74, 6) is 0.798. The van der Waals surface area contributed by atoms with E-state index in [9.17, 15) is 9.59 Å². The molecule has 0 bridgehead atoms. The normalized spacial score (nSPS) is 20.9. The molecule has 2 atom stereocenters. The van der Waals surface area contributed by atoms with Crippen LogP contribution in [-0.2, 0) is 4.79 Å². The molecule has 1 aromatic carbocycles. The molecule has 0 saturated heterocycles. The van der Waals surface area contributed by atoms with Crippen molar-refractivity contribution in [2.24, 2.45) is 5.92 Å². The Labute approximate surface area is 189 Å². The molecule has 0 unspecified atom stereocenters. The van der Waals surface area contributed by atoms with Crippen LogP contribution in [0.1, 0.15) is 55.4 Å². The molecule has 6 rings (SSSR count). The summed E-state index contributed by atoms with van der Waals surface area (Å²) in [4.78, 5) is 29.4. The van der Waals surface area contributed by atoms with Gasteiger partial charge in [-0.25, -0.2) is 9.50 Å². The summed E-state index contributed by atoms with van der Waals surface area (Å²) < 4.78 is 9.66. The van der Waals surface area contributed by atoms with Crippen molar-refractivity contribution in [1.29, 1.82) is 0 Å². The molecule has 3 aromatic heterocycles. The zero-order chi connectivity index (χ0) is 22.5. The van der Waals surface area contributed by atoms with E-state index in [0.29, 0.717) is 41.3 Å². The lowest BCUT2D eigenvalue weighted by Crippen LogP contribution is -2.26. The molecule has 9 heteroatoms. The lowest BCUT2D eigenvalue weighted by molar-refractivity contribution is -0.122. The van der Waals surface area contributed by atoms with Crippen LogP contribution in [0.25, 0.3) is 16.6 Å². The van der Waals surface area contributed by atoms with Gasteiger partial charge in [0, 0.05) is 42.9 Å². The van der Waals surface area contributed by atoms with E-state index in [1.807, 2.05) is 23.0 Å². The fourth-order valence-electron chi connectivity index (χ4n) is 4.57. The number of carbonyl (C=O) groups excluding carboxylic acids is 2. The Morgan fingerprint density at radius 3 is 2.94 bits per heavy atom. The van der Waals surface area contributed by atoms with Crippen molar-refractivity contribution >= 4 is 33.9 Å². The maximum atomic E-state index is 13.3. The number of hydrogen-bond acceptors (Lipinski definition) is 6. The van der Waals surface area contributed by atoms with Crippen LogP contribution in [0.4, 0.5) is 5.69 Å². The number of fused-ring (bicyclic) bond motifs is 2. The minimum atomic E-state index is -0.280. The Hall–Kier alpha value is -3.75. The third-order valence-electron chi connectivity index (χ3n) is 6.48. The van der Waals surface area contributed by atoms with E-state index in [0.717, 1.165) is 30.2 Å². The second-order valence-corrected chi connectivity index (χ2v) is 9.06. The van der Waals surface area contributed by atoms with Crippen molar-refractivity contribution < 1.29 is 14.3 Å². The largest absolute Gasteiger partial charge is 0.490 e. The first kappa shape index (κ1) is 19.9. The summed E-state index contributed by atoms with van der Waals surface area (Å²) in [5, 5.41) is 12.8. The van der Waals surface area contributed by atoms with Gasteiger partial charge in [-0.1, -0.05) is 6.92 Å². The summed E-state index contributed by atoms with van der Waals surface area (Å²) in [7, 11) is 0. The lowest BCUT2D eigenvalue weighted by atomic mass is 9.85. The Balaban J connectivity index is 1.35. The fourth-order valence-corrected chi connectivity index (χ4v) is 4.57. The number of ether oxygens (including phenoxy) is 1. The van der Waals surface area contributed by atoms with Crippen molar-refractivity contribution in [3.05, 3.63) is 48.5 Å². The molecule has 0 spiro atoms. The minimum absolute atomic E-state index is 0.138. The van der Waals surface area contributed by atoms with E-state index >= 15 is 0 Å². The highest BCUT2D eigenvalue weighted by Crippen LogP contribution is 2.35. The summed E-state index contributed by atoms with van der Waals surface area (Å²) in [5.41, 5.74) is 2.35. The number of benzene rings is 1. The molecule has 0 aliphatic heterocycles. The summed E-state index contributed by atoms with van der Waals surface area (Å²) in [6, 6.07) is 5.64. The van der Waals surface area contributed by atoms with Crippen molar-refractivity contribution in [2.75, 3.05) is 5.32 Å². The number of Topliss-reactive ketones (excluding diaryl/α,β-unsaturated/α-hetero) is 1. The first-order chi connectivity index (χ1) is 16.0. The molecule has 2 saturated carbocycles. The Kier molecular flexibility index (Phi) is 4.63. The van der Waals surface area contributed by atoms with E-state index < -0.39 is 0 Å². The first-order valence-electron chi connectivity index (χ1n) is 11.4. The number of nitrogens with zero attached hydrogens (tertiary/aromatic N) is 5. The minimum Gasteiger partial charge on any atom is -0.490 e. The molecule has 4 aromatic rings. The van der Waals surface area contributed by atoms with Gasteiger partial charge in [-0.3, -0.25) is 14.3 Å². The van der Waals surface area contributed by atoms with Crippen molar-refractivity contribution in [3.63, 3.8) is 0 Å². The number of aromatic nitrogens is 5. The van der Waals surface area contributed by atoms with Gasteiger partial charge in [0.05, 0.1) is 29.4 Å². The SMILES string of the molecule is C[C@H]1CC(=O)CC[C@@H]1n1cc2cc(C(=O)Nc3cnn4cccnc34)c(OC3CC3)cc2n1. The third kappa shape index (κ3) is 3.73. The predicted molar refractivity (Wildman–Crippen MR) is 121 cm³/mol. The highest BCUT2D eigenvalue weighted by Gasteiger charge is 2.30. The van der Waals surface area contributed by atoms with Crippen LogP contribution in [0.2, 0.25) is 0 Å². The zero-order valence-corrected chi connectivity index (χ0v) is 18.3. The average molecular weight is 444 g/mol. The van der Waals surface area contributed by atoms with Gasteiger partial charge in [-0.15, -0.1) is 0 Å². The standard InChI is InChI=1S/C24H24N6O3/c1-14-9-16(31)3-6-21(14)30-13-15-10-18(22(11-19(15)28-30)33-17-4-5-17)24(32)27-20-12-26-29-8-2-7-25-23(20)29/h2,7-8,10-14,17,21H,3-6,9H2,1H3,(H,27,32)/t14-,21-/m0/s1. The van der Waals surface area contributed by atoms with Crippen molar-refractivity contribution in [2.45, 2.75) is 51.2 Å². The number of nitrogens with one attached hydrogen (secondary N) is 1. The lowest BCUT2D eigenvalue weighted by Gasteiger charge is -2.28. The molecule has 1 N–H and O–H groups in total. The molecule has 2 aliphatic carbocycles. The molecular formula is C24H24N6O3. The van der Waals surface area contributed by atoms with E-state index in [1.54, 1.807) is 29.2 Å². The summed E-state index contributed by atoms with van der Waals surface area (Å²) in [6.07, 6.45) is 11.1. The second kappa shape index (κ2) is 7.68. The number of anilines is 1. The molecular weight excluding hydrogens is 420 g/mol. The van der Waals surface area contributed by atoms with Gasteiger partial charge < -0.3 is 10.1 Å². The average Bonchev–Trinajstić information content (AvgIpc) is 3.38. The number of rotatable bonds is 5. The van der Waals surface area contributed by atoms with Gasteiger partial charge in [0.2, 0.25) is 0 Å². The molecule has 3 heterocycles. The molecule has 2 aliphatic rings. The molecule has 33 heavy (non-hydrogen) atoms. The molecule has 9 nitrogen and oxygen atoms in total. The van der Waals surface area contributed by atoms with E-state index in [2.05, 4.69) is 22.3 Å². The van der Waals surface area contributed by atoms with Crippen LogP contribution in [0, 0.1) is 5.92 Å². The van der Waals surface area contributed by atoms with Crippen LogP contribution >= 0.6 is 0 Å². The van der Waals surface area contributed by atoms with E-state index in [4.69, 9.17) is 9.84 Å². The Morgan fingerprint density at radius 2 is 2.12 bits per heavy atom. The number of amides is 1. The fraction of sp³-hybridized carbons (Fsp3) is 0.375. The van der Waals surface area contributed by atoms with E-state index in [-0.39, 0.29) is 24.0 Å². The van der Waals surface area contributed by atoms with E-state index in [1.165, 1.54) is 0 Å². The molecule has 0 radical (unpaired) electrons. The van der Waals surface area contributed by atoms with Crippen molar-refractivity contribution in [1.82, 2.24) is 24.4 Å². The van der Waals surface area contributed by atoms with Crippen LogP contribution < -0.4 is 10.1 Å². The first-order valence-corrected chi connectivity index (χ1v) is 11.4. The van der Waals surface area contributed by atoms with Gasteiger partial charge >= 0.3 is 0 Å². The molecule has 168 valence electrons.